The first-order chi connectivity index (χ1) is 13.0. The summed E-state index contributed by atoms with van der Waals surface area (Å²) in [7, 11) is 0. The van der Waals surface area contributed by atoms with E-state index in [9.17, 15) is 17.5 Å². The average Bonchev–Trinajstić information content (AvgIpc) is 3.15. The van der Waals surface area contributed by atoms with Gasteiger partial charge in [-0.05, 0) is 43.1 Å². The Labute approximate surface area is 158 Å². The molecule has 2 aliphatic rings. The van der Waals surface area contributed by atoms with Gasteiger partial charge in [-0.2, -0.15) is 0 Å². The van der Waals surface area contributed by atoms with Crippen LogP contribution >= 0.6 is 0 Å². The standard InChI is InChI=1S/C19H19F2N3O2S/c20-14-5-2-6-15(21)18(14)24-10-13-12(11-27(25)26)4-1-7-16(13)23-19(24)17-8-3-9-22-17/h1-2,4-7,17,22H,3,8-11H2,(H,25,26)/p-1/t17-/m0/s1. The number of nitrogens with one attached hydrogen (secondary N) is 1. The smallest absolute Gasteiger partial charge is 0.149 e. The van der Waals surface area contributed by atoms with Gasteiger partial charge < -0.3 is 14.8 Å². The third-order valence-corrected chi connectivity index (χ3v) is 5.48. The third-order valence-electron chi connectivity index (χ3n) is 4.93. The van der Waals surface area contributed by atoms with Crippen LogP contribution in [0.5, 0.6) is 0 Å². The Morgan fingerprint density at radius 1 is 1.22 bits per heavy atom. The van der Waals surface area contributed by atoms with Crippen LogP contribution in [0.15, 0.2) is 41.4 Å². The third kappa shape index (κ3) is 3.52. The number of amidine groups is 1. The van der Waals surface area contributed by atoms with Gasteiger partial charge in [-0.1, -0.05) is 29.3 Å². The molecular weight excluding hydrogens is 372 g/mol. The molecule has 5 nitrogen and oxygen atoms in total. The second-order valence-corrected chi connectivity index (χ2v) is 7.53. The van der Waals surface area contributed by atoms with Crippen molar-refractivity contribution >= 4 is 28.3 Å². The molecule has 2 aliphatic heterocycles. The van der Waals surface area contributed by atoms with Crippen molar-refractivity contribution in [2.45, 2.75) is 31.2 Å². The van der Waals surface area contributed by atoms with Crippen molar-refractivity contribution in [1.82, 2.24) is 5.32 Å². The Morgan fingerprint density at radius 3 is 2.63 bits per heavy atom. The van der Waals surface area contributed by atoms with Gasteiger partial charge in [-0.3, -0.25) is 4.21 Å². The lowest BCUT2D eigenvalue weighted by atomic mass is 10.0. The number of para-hydroxylation sites is 1. The Morgan fingerprint density at radius 2 is 1.96 bits per heavy atom. The number of anilines is 1. The SMILES string of the molecule is O=S([O-])Cc1cccc2c1CN(c1c(F)cccc1F)C([C@@H]1CCCN1)=N2. The van der Waals surface area contributed by atoms with Crippen molar-refractivity contribution in [3.05, 3.63) is 59.2 Å². The van der Waals surface area contributed by atoms with Gasteiger partial charge >= 0.3 is 0 Å². The summed E-state index contributed by atoms with van der Waals surface area (Å²) >= 11 is -2.27. The highest BCUT2D eigenvalue weighted by Crippen LogP contribution is 2.36. The number of aliphatic imine (C=N–C) groups is 1. The lowest BCUT2D eigenvalue weighted by Gasteiger charge is -2.34. The molecule has 1 unspecified atom stereocenters. The van der Waals surface area contributed by atoms with E-state index in [0.29, 0.717) is 22.6 Å². The molecule has 0 radical (unpaired) electrons. The molecule has 2 atom stereocenters. The molecule has 0 aliphatic carbocycles. The fourth-order valence-corrected chi connectivity index (χ4v) is 4.23. The molecule has 1 fully saturated rings. The summed E-state index contributed by atoms with van der Waals surface area (Å²) in [6.07, 6.45) is 1.78. The van der Waals surface area contributed by atoms with Crippen molar-refractivity contribution in [2.75, 3.05) is 11.4 Å². The van der Waals surface area contributed by atoms with Crippen molar-refractivity contribution in [3.63, 3.8) is 0 Å². The summed E-state index contributed by atoms with van der Waals surface area (Å²) in [5.41, 5.74) is 1.75. The van der Waals surface area contributed by atoms with Gasteiger partial charge in [0.05, 0.1) is 18.3 Å². The summed E-state index contributed by atoms with van der Waals surface area (Å²) in [6.45, 7) is 0.983. The van der Waals surface area contributed by atoms with Gasteiger partial charge in [0.25, 0.3) is 0 Å². The van der Waals surface area contributed by atoms with E-state index in [1.807, 2.05) is 0 Å². The molecule has 27 heavy (non-hydrogen) atoms. The van der Waals surface area contributed by atoms with E-state index in [1.54, 1.807) is 18.2 Å². The molecule has 0 spiro atoms. The average molecular weight is 390 g/mol. The van der Waals surface area contributed by atoms with Gasteiger partial charge in [0.2, 0.25) is 0 Å². The van der Waals surface area contributed by atoms with Crippen LogP contribution in [0.1, 0.15) is 24.0 Å². The van der Waals surface area contributed by atoms with Gasteiger partial charge in [0.15, 0.2) is 0 Å². The van der Waals surface area contributed by atoms with Crippen LogP contribution in [-0.2, 0) is 23.4 Å². The molecule has 8 heteroatoms. The molecule has 1 saturated heterocycles. The number of halogens is 2. The number of benzene rings is 2. The largest absolute Gasteiger partial charge is 0.772 e. The molecule has 4 rings (SSSR count). The summed E-state index contributed by atoms with van der Waals surface area (Å²) in [4.78, 5) is 6.22. The van der Waals surface area contributed by atoms with Crippen LogP contribution in [0.4, 0.5) is 20.2 Å². The van der Waals surface area contributed by atoms with Gasteiger partial charge in [0, 0.05) is 11.3 Å². The van der Waals surface area contributed by atoms with Gasteiger partial charge in [-0.15, -0.1) is 0 Å². The number of fused-ring (bicyclic) bond motifs is 1. The van der Waals surface area contributed by atoms with Crippen LogP contribution in [0.3, 0.4) is 0 Å². The highest BCUT2D eigenvalue weighted by atomic mass is 32.2. The maximum atomic E-state index is 14.5. The summed E-state index contributed by atoms with van der Waals surface area (Å²) in [6, 6.07) is 8.91. The summed E-state index contributed by atoms with van der Waals surface area (Å²) < 4.78 is 51.5. The lowest BCUT2D eigenvalue weighted by Crippen LogP contribution is -2.45. The first kappa shape index (κ1) is 18.2. The molecule has 1 N–H and O–H groups in total. The highest BCUT2D eigenvalue weighted by molar-refractivity contribution is 7.78. The maximum absolute atomic E-state index is 14.5. The fraction of sp³-hybridized carbons (Fsp3) is 0.316. The highest BCUT2D eigenvalue weighted by Gasteiger charge is 2.33. The van der Waals surface area contributed by atoms with Crippen molar-refractivity contribution in [3.8, 4) is 0 Å². The first-order valence-corrected chi connectivity index (χ1v) is 9.99. The van der Waals surface area contributed by atoms with Crippen molar-refractivity contribution in [2.24, 2.45) is 4.99 Å². The van der Waals surface area contributed by atoms with E-state index < -0.39 is 22.7 Å². The Bertz CT molecular complexity index is 909. The number of hydrogen-bond acceptors (Lipinski definition) is 5. The van der Waals surface area contributed by atoms with E-state index in [0.717, 1.165) is 19.4 Å². The summed E-state index contributed by atoms with van der Waals surface area (Å²) in [5.74, 6) is -0.948. The van der Waals surface area contributed by atoms with E-state index in [1.165, 1.54) is 23.1 Å². The number of nitrogens with zero attached hydrogens (tertiary/aromatic N) is 2. The van der Waals surface area contributed by atoms with Crippen LogP contribution < -0.4 is 10.2 Å². The van der Waals surface area contributed by atoms with Crippen molar-refractivity contribution in [1.29, 1.82) is 0 Å². The molecule has 0 bridgehead atoms. The second kappa shape index (κ2) is 7.46. The summed E-state index contributed by atoms with van der Waals surface area (Å²) in [5, 5.41) is 3.33. The van der Waals surface area contributed by atoms with Gasteiger partial charge in [-0.25, -0.2) is 13.8 Å². The van der Waals surface area contributed by atoms with Crippen LogP contribution in [-0.4, -0.2) is 27.2 Å². The monoisotopic (exact) mass is 390 g/mol. The van der Waals surface area contributed by atoms with Crippen LogP contribution in [0.2, 0.25) is 0 Å². The Kier molecular flexibility index (Phi) is 5.03. The molecule has 0 saturated carbocycles. The predicted octanol–water partition coefficient (Wildman–Crippen LogP) is 3.15. The number of hydrogen-bond donors (Lipinski definition) is 1. The molecule has 2 heterocycles. The molecule has 2 aromatic carbocycles. The first-order valence-electron chi connectivity index (χ1n) is 8.74. The van der Waals surface area contributed by atoms with Crippen LogP contribution in [0.25, 0.3) is 0 Å². The molecule has 2 aromatic rings. The minimum absolute atomic E-state index is 0.102. The Balaban J connectivity index is 1.85. The maximum Gasteiger partial charge on any atom is 0.149 e. The van der Waals surface area contributed by atoms with E-state index in [2.05, 4.69) is 10.3 Å². The second-order valence-electron chi connectivity index (χ2n) is 6.64. The van der Waals surface area contributed by atoms with Crippen molar-refractivity contribution < 1.29 is 17.5 Å². The van der Waals surface area contributed by atoms with Crippen LogP contribution in [0, 0.1) is 11.6 Å². The zero-order valence-corrected chi connectivity index (χ0v) is 15.3. The van der Waals surface area contributed by atoms with Gasteiger partial charge in [0.1, 0.15) is 23.2 Å². The van der Waals surface area contributed by atoms with E-state index in [4.69, 9.17) is 0 Å². The molecule has 0 aromatic heterocycles. The fourth-order valence-electron chi connectivity index (χ4n) is 3.70. The quantitative estimate of drug-likeness (QED) is 0.815. The molecule has 0 amide bonds. The number of rotatable bonds is 4. The van der Waals surface area contributed by atoms with E-state index in [-0.39, 0.29) is 24.0 Å². The predicted molar refractivity (Wildman–Crippen MR) is 99.7 cm³/mol. The topological polar surface area (TPSA) is 67.8 Å². The minimum Gasteiger partial charge on any atom is -0.772 e. The molecular formula is C19H18F2N3O2S-. The normalized spacial score (nSPS) is 20.3. The zero-order valence-electron chi connectivity index (χ0n) is 14.5. The zero-order chi connectivity index (χ0) is 19.0. The minimum atomic E-state index is -2.27. The lowest BCUT2D eigenvalue weighted by molar-refractivity contribution is 0.536. The molecule has 142 valence electrons. The van der Waals surface area contributed by atoms with E-state index >= 15 is 0 Å². The Hall–Kier alpha value is -2.16.